The van der Waals surface area contributed by atoms with E-state index in [2.05, 4.69) is 29.2 Å². The van der Waals surface area contributed by atoms with Crippen molar-refractivity contribution in [3.8, 4) is 0 Å². The number of benzene rings is 1. The molecular weight excluding hydrogens is 250 g/mol. The molecule has 1 aliphatic heterocycles. The zero-order valence-electron chi connectivity index (χ0n) is 11.9. The van der Waals surface area contributed by atoms with Crippen molar-refractivity contribution in [2.45, 2.75) is 38.3 Å². The number of piperidine rings is 1. The Kier molecular flexibility index (Phi) is 4.18. The van der Waals surface area contributed by atoms with E-state index < -0.39 is 0 Å². The van der Waals surface area contributed by atoms with E-state index in [4.69, 9.17) is 0 Å². The van der Waals surface area contributed by atoms with Gasteiger partial charge in [-0.2, -0.15) is 0 Å². The van der Waals surface area contributed by atoms with Gasteiger partial charge in [0.1, 0.15) is 5.78 Å². The summed E-state index contributed by atoms with van der Waals surface area (Å²) in [5.41, 5.74) is 1.31. The van der Waals surface area contributed by atoms with Crippen LogP contribution in [0.25, 0.3) is 0 Å². The number of aliphatic hydroxyl groups excluding tert-OH is 1. The van der Waals surface area contributed by atoms with E-state index in [1.807, 2.05) is 6.07 Å². The van der Waals surface area contributed by atoms with Crippen LogP contribution in [0.5, 0.6) is 0 Å². The number of aliphatic hydroxyl groups is 1. The van der Waals surface area contributed by atoms with Crippen molar-refractivity contribution in [3.05, 3.63) is 35.9 Å². The minimum Gasteiger partial charge on any atom is -0.396 e. The fraction of sp³-hybridized carbons (Fsp3) is 0.588. The predicted molar refractivity (Wildman–Crippen MR) is 78.2 cm³/mol. The molecule has 0 amide bonds. The highest BCUT2D eigenvalue weighted by atomic mass is 16.3. The van der Waals surface area contributed by atoms with Gasteiger partial charge in [0.2, 0.25) is 0 Å². The molecule has 1 unspecified atom stereocenters. The van der Waals surface area contributed by atoms with Gasteiger partial charge < -0.3 is 5.11 Å². The monoisotopic (exact) mass is 273 g/mol. The van der Waals surface area contributed by atoms with Crippen LogP contribution in [-0.2, 0) is 11.3 Å². The summed E-state index contributed by atoms with van der Waals surface area (Å²) in [6.07, 6.45) is 3.63. The molecule has 3 nitrogen and oxygen atoms in total. The van der Waals surface area contributed by atoms with E-state index in [0.29, 0.717) is 24.2 Å². The number of carbonyl (C=O) groups excluding carboxylic acids is 1. The molecule has 1 aromatic rings. The maximum Gasteiger partial charge on any atom is 0.137 e. The quantitative estimate of drug-likeness (QED) is 0.914. The Morgan fingerprint density at radius 2 is 2.05 bits per heavy atom. The van der Waals surface area contributed by atoms with Gasteiger partial charge in [0.15, 0.2) is 0 Å². The summed E-state index contributed by atoms with van der Waals surface area (Å²) in [4.78, 5) is 14.7. The maximum absolute atomic E-state index is 12.3. The van der Waals surface area contributed by atoms with E-state index in [1.54, 1.807) is 0 Å². The van der Waals surface area contributed by atoms with Gasteiger partial charge in [0.05, 0.1) is 0 Å². The summed E-state index contributed by atoms with van der Waals surface area (Å²) >= 11 is 0. The van der Waals surface area contributed by atoms with Gasteiger partial charge in [-0.25, -0.2) is 0 Å². The number of fused-ring (bicyclic) bond motifs is 2. The lowest BCUT2D eigenvalue weighted by Crippen LogP contribution is -2.52. The number of Topliss-reactive ketones (excluding diaryl/α,β-unsaturated/α-hetero) is 1. The second-order valence-corrected chi connectivity index (χ2v) is 6.20. The Morgan fingerprint density at radius 3 is 2.80 bits per heavy atom. The molecule has 3 rings (SSSR count). The van der Waals surface area contributed by atoms with Crippen molar-refractivity contribution >= 4 is 5.78 Å². The minimum absolute atomic E-state index is 0.0419. The molecule has 1 N–H and O–H groups in total. The van der Waals surface area contributed by atoms with E-state index in [-0.39, 0.29) is 12.5 Å². The Labute approximate surface area is 120 Å². The number of ketones is 1. The summed E-state index contributed by atoms with van der Waals surface area (Å²) in [5, 5.41) is 9.24. The molecule has 1 saturated carbocycles. The molecule has 2 aliphatic rings. The molecular formula is C17H23NO2. The van der Waals surface area contributed by atoms with Crippen molar-refractivity contribution < 1.29 is 9.90 Å². The van der Waals surface area contributed by atoms with E-state index in [9.17, 15) is 9.90 Å². The molecule has 1 saturated heterocycles. The van der Waals surface area contributed by atoms with Crippen LogP contribution in [0.4, 0.5) is 0 Å². The zero-order chi connectivity index (χ0) is 13.9. The minimum atomic E-state index is 0.0419. The molecule has 2 bridgehead atoms. The smallest absolute Gasteiger partial charge is 0.137 e. The van der Waals surface area contributed by atoms with Gasteiger partial charge in [-0.15, -0.1) is 0 Å². The largest absolute Gasteiger partial charge is 0.396 e. The second-order valence-electron chi connectivity index (χ2n) is 6.20. The maximum atomic E-state index is 12.3. The highest BCUT2D eigenvalue weighted by molar-refractivity contribution is 5.83. The molecule has 1 aliphatic carbocycles. The van der Waals surface area contributed by atoms with Crippen molar-refractivity contribution in [3.63, 3.8) is 0 Å². The van der Waals surface area contributed by atoms with Crippen molar-refractivity contribution in [2.24, 2.45) is 11.8 Å². The van der Waals surface area contributed by atoms with Crippen LogP contribution in [0, 0.1) is 11.8 Å². The van der Waals surface area contributed by atoms with Crippen LogP contribution in [0.2, 0.25) is 0 Å². The Hall–Kier alpha value is -1.19. The molecule has 0 radical (unpaired) electrons. The first-order valence-corrected chi connectivity index (χ1v) is 7.69. The lowest BCUT2D eigenvalue weighted by atomic mass is 9.71. The molecule has 3 atom stereocenters. The molecule has 0 spiro atoms. The zero-order valence-corrected chi connectivity index (χ0v) is 11.9. The normalized spacial score (nSPS) is 30.4. The van der Waals surface area contributed by atoms with Crippen molar-refractivity contribution in [1.82, 2.24) is 4.90 Å². The predicted octanol–water partition coefficient (Wildman–Crippen LogP) is 2.24. The average Bonchev–Trinajstić information content (AvgIpc) is 2.47. The van der Waals surface area contributed by atoms with Gasteiger partial charge in [0, 0.05) is 31.5 Å². The SMILES string of the molecule is O=C1C[C@@H]2CCN(Cc3ccccc3)[C@@H](C2)C1CCO. The van der Waals surface area contributed by atoms with Crippen molar-refractivity contribution in [1.29, 1.82) is 0 Å². The number of rotatable bonds is 4. The van der Waals surface area contributed by atoms with Crippen LogP contribution in [0.15, 0.2) is 30.3 Å². The third-order valence-corrected chi connectivity index (χ3v) is 4.90. The van der Waals surface area contributed by atoms with E-state index >= 15 is 0 Å². The molecule has 1 aromatic carbocycles. The van der Waals surface area contributed by atoms with Gasteiger partial charge in [-0.3, -0.25) is 9.69 Å². The summed E-state index contributed by atoms with van der Waals surface area (Å²) in [6, 6.07) is 10.8. The molecule has 3 heteroatoms. The fourth-order valence-corrected chi connectivity index (χ4v) is 3.88. The van der Waals surface area contributed by atoms with Crippen LogP contribution in [0.1, 0.15) is 31.2 Å². The summed E-state index contributed by atoms with van der Waals surface area (Å²) in [7, 11) is 0. The molecule has 108 valence electrons. The number of nitrogens with zero attached hydrogens (tertiary/aromatic N) is 1. The first-order valence-electron chi connectivity index (χ1n) is 7.69. The van der Waals surface area contributed by atoms with Gasteiger partial charge in [-0.1, -0.05) is 30.3 Å². The van der Waals surface area contributed by atoms with E-state index in [0.717, 1.165) is 32.4 Å². The molecule has 2 fully saturated rings. The first-order chi connectivity index (χ1) is 9.78. The number of carbonyl (C=O) groups is 1. The number of likely N-dealkylation sites (tertiary alicyclic amines) is 1. The summed E-state index contributed by atoms with van der Waals surface area (Å²) < 4.78 is 0. The highest BCUT2D eigenvalue weighted by Crippen LogP contribution is 2.38. The standard InChI is InChI=1S/C17H23NO2/c19-9-7-15-16-10-14(11-17(15)20)6-8-18(16)12-13-4-2-1-3-5-13/h1-5,14-16,19H,6-12H2/t14-,15?,16+/m1/s1. The number of hydrogen-bond acceptors (Lipinski definition) is 3. The van der Waals surface area contributed by atoms with Crippen LogP contribution in [-0.4, -0.2) is 35.0 Å². The Morgan fingerprint density at radius 1 is 1.25 bits per heavy atom. The average molecular weight is 273 g/mol. The van der Waals surface area contributed by atoms with Crippen LogP contribution < -0.4 is 0 Å². The second kappa shape index (κ2) is 6.06. The van der Waals surface area contributed by atoms with Crippen LogP contribution >= 0.6 is 0 Å². The lowest BCUT2D eigenvalue weighted by molar-refractivity contribution is -0.133. The number of hydrogen-bond donors (Lipinski definition) is 1. The molecule has 20 heavy (non-hydrogen) atoms. The van der Waals surface area contributed by atoms with Gasteiger partial charge in [0.25, 0.3) is 0 Å². The Balaban J connectivity index is 1.75. The lowest BCUT2D eigenvalue weighted by Gasteiger charge is -2.46. The van der Waals surface area contributed by atoms with Crippen molar-refractivity contribution in [2.75, 3.05) is 13.2 Å². The van der Waals surface area contributed by atoms with Gasteiger partial charge >= 0.3 is 0 Å². The van der Waals surface area contributed by atoms with Crippen LogP contribution in [0.3, 0.4) is 0 Å². The molecule has 0 aromatic heterocycles. The summed E-state index contributed by atoms with van der Waals surface area (Å²) in [5.74, 6) is 0.993. The fourth-order valence-electron chi connectivity index (χ4n) is 3.88. The first kappa shape index (κ1) is 13.8. The molecule has 1 heterocycles. The topological polar surface area (TPSA) is 40.5 Å². The Bertz CT molecular complexity index is 459. The summed E-state index contributed by atoms with van der Waals surface area (Å²) in [6.45, 7) is 2.13. The highest BCUT2D eigenvalue weighted by Gasteiger charge is 2.42. The van der Waals surface area contributed by atoms with E-state index in [1.165, 1.54) is 5.56 Å². The third kappa shape index (κ3) is 2.79. The third-order valence-electron chi connectivity index (χ3n) is 4.90. The van der Waals surface area contributed by atoms with Gasteiger partial charge in [-0.05, 0) is 37.3 Å².